The first kappa shape index (κ1) is 22.6. The summed E-state index contributed by atoms with van der Waals surface area (Å²) in [6.45, 7) is 4.28. The average molecular weight is 480 g/mol. The molecule has 2 aromatic heterocycles. The third-order valence-electron chi connectivity index (χ3n) is 6.84. The quantitative estimate of drug-likeness (QED) is 0.591. The Kier molecular flexibility index (Phi) is 6.12. The zero-order valence-corrected chi connectivity index (χ0v) is 20.2. The number of amides is 2. The molecule has 2 aliphatic rings. The number of nitrogens with zero attached hydrogens (tertiary/aromatic N) is 3. The lowest BCUT2D eigenvalue weighted by Gasteiger charge is -2.30. The minimum atomic E-state index is -0.544. The van der Waals surface area contributed by atoms with Gasteiger partial charge in [-0.1, -0.05) is 6.42 Å². The number of carbonyl (C=O) groups is 2. The molecule has 2 aliphatic heterocycles. The maximum Gasteiger partial charge on any atom is 0.266 e. The number of benzene rings is 1. The standard InChI is InChI=1S/C25H29N5O3S/c1-15-20-24(28-19-8-4-2-7-13-30(19)25(20)33)34-21(15)23(32)27-17-14-16(22(26)31)9-10-18(17)29-11-5-3-6-12-29/h9-10,14H,2-8,11-13H2,1H3,(H2,26,31)(H,27,32). The largest absolute Gasteiger partial charge is 0.370 e. The number of anilines is 2. The predicted molar refractivity (Wildman–Crippen MR) is 135 cm³/mol. The van der Waals surface area contributed by atoms with Gasteiger partial charge >= 0.3 is 0 Å². The Bertz CT molecular complexity index is 1340. The highest BCUT2D eigenvalue weighted by Gasteiger charge is 2.24. The van der Waals surface area contributed by atoms with Crippen molar-refractivity contribution in [1.82, 2.24) is 9.55 Å². The van der Waals surface area contributed by atoms with E-state index in [9.17, 15) is 14.4 Å². The number of aryl methyl sites for hydroxylation is 2. The van der Waals surface area contributed by atoms with Gasteiger partial charge in [-0.15, -0.1) is 11.3 Å². The highest BCUT2D eigenvalue weighted by atomic mass is 32.1. The van der Waals surface area contributed by atoms with Crippen LogP contribution in [0.4, 0.5) is 11.4 Å². The van der Waals surface area contributed by atoms with Crippen LogP contribution in [0.1, 0.15) is 69.9 Å². The number of nitrogens with one attached hydrogen (secondary N) is 1. The minimum Gasteiger partial charge on any atom is -0.370 e. The van der Waals surface area contributed by atoms with Crippen molar-refractivity contribution in [1.29, 1.82) is 0 Å². The van der Waals surface area contributed by atoms with Crippen LogP contribution in [0.3, 0.4) is 0 Å². The summed E-state index contributed by atoms with van der Waals surface area (Å²) in [6.07, 6.45) is 7.21. The van der Waals surface area contributed by atoms with Crippen LogP contribution in [-0.2, 0) is 13.0 Å². The summed E-state index contributed by atoms with van der Waals surface area (Å²) in [6, 6.07) is 5.19. The van der Waals surface area contributed by atoms with E-state index in [0.717, 1.165) is 63.1 Å². The number of fused-ring (bicyclic) bond motifs is 2. The first-order valence-electron chi connectivity index (χ1n) is 12.0. The van der Waals surface area contributed by atoms with Crippen molar-refractivity contribution in [3.05, 3.63) is 50.4 Å². The summed E-state index contributed by atoms with van der Waals surface area (Å²) in [7, 11) is 0. The van der Waals surface area contributed by atoms with Gasteiger partial charge in [0.1, 0.15) is 10.7 Å². The second-order valence-corrected chi connectivity index (χ2v) is 10.1. The number of aromatic nitrogens is 2. The zero-order chi connectivity index (χ0) is 23.8. The lowest BCUT2D eigenvalue weighted by Crippen LogP contribution is -2.30. The first-order chi connectivity index (χ1) is 16.4. The highest BCUT2D eigenvalue weighted by molar-refractivity contribution is 7.20. The van der Waals surface area contributed by atoms with Gasteiger partial charge in [0.25, 0.3) is 11.5 Å². The molecule has 0 atom stereocenters. The van der Waals surface area contributed by atoms with Crippen LogP contribution < -0.4 is 21.5 Å². The van der Waals surface area contributed by atoms with Gasteiger partial charge in [0, 0.05) is 31.6 Å². The lowest BCUT2D eigenvalue weighted by atomic mass is 10.1. The van der Waals surface area contributed by atoms with Gasteiger partial charge < -0.3 is 16.0 Å². The van der Waals surface area contributed by atoms with Crippen molar-refractivity contribution in [2.24, 2.45) is 5.73 Å². The molecule has 9 heteroatoms. The fraction of sp³-hybridized carbons (Fsp3) is 0.440. The number of hydrogen-bond acceptors (Lipinski definition) is 6. The molecule has 0 saturated carbocycles. The Labute approximate surface area is 201 Å². The van der Waals surface area contributed by atoms with Crippen molar-refractivity contribution in [3.8, 4) is 0 Å². The fourth-order valence-electron chi connectivity index (χ4n) is 5.01. The van der Waals surface area contributed by atoms with Gasteiger partial charge in [0.15, 0.2) is 0 Å². The molecule has 34 heavy (non-hydrogen) atoms. The Morgan fingerprint density at radius 3 is 2.56 bits per heavy atom. The molecular weight excluding hydrogens is 450 g/mol. The van der Waals surface area contributed by atoms with E-state index in [1.807, 2.05) is 13.0 Å². The number of carbonyl (C=O) groups excluding carboxylic acids is 2. The third kappa shape index (κ3) is 4.09. The van der Waals surface area contributed by atoms with Gasteiger partial charge in [0.2, 0.25) is 5.91 Å². The number of thiophene rings is 1. The van der Waals surface area contributed by atoms with Crippen LogP contribution in [0, 0.1) is 6.92 Å². The van der Waals surface area contributed by atoms with Crippen LogP contribution in [0.5, 0.6) is 0 Å². The number of hydrogen-bond donors (Lipinski definition) is 2. The number of nitrogens with two attached hydrogens (primary N) is 1. The molecular formula is C25H29N5O3S. The maximum atomic E-state index is 13.4. The highest BCUT2D eigenvalue weighted by Crippen LogP contribution is 2.33. The van der Waals surface area contributed by atoms with Crippen LogP contribution >= 0.6 is 11.3 Å². The van der Waals surface area contributed by atoms with Crippen molar-refractivity contribution in [2.45, 2.75) is 58.4 Å². The van der Waals surface area contributed by atoms with Gasteiger partial charge in [-0.2, -0.15) is 0 Å². The van der Waals surface area contributed by atoms with Crippen LogP contribution in [0.15, 0.2) is 23.0 Å². The molecule has 1 fully saturated rings. The van der Waals surface area contributed by atoms with Crippen LogP contribution in [0.2, 0.25) is 0 Å². The molecule has 178 valence electrons. The summed E-state index contributed by atoms with van der Waals surface area (Å²) in [5.41, 5.74) is 7.88. The summed E-state index contributed by atoms with van der Waals surface area (Å²) in [4.78, 5) is 46.6. The average Bonchev–Trinajstić information content (AvgIpc) is 3.00. The van der Waals surface area contributed by atoms with Gasteiger partial charge in [-0.05, 0) is 62.8 Å². The summed E-state index contributed by atoms with van der Waals surface area (Å²) in [5, 5.41) is 3.54. The van der Waals surface area contributed by atoms with E-state index in [1.165, 1.54) is 17.8 Å². The molecule has 0 aliphatic carbocycles. The van der Waals surface area contributed by atoms with Gasteiger partial charge in [-0.3, -0.25) is 19.0 Å². The van der Waals surface area contributed by atoms with E-state index in [0.29, 0.717) is 38.5 Å². The van der Waals surface area contributed by atoms with Crippen molar-refractivity contribution >= 4 is 44.7 Å². The number of primary amides is 1. The fourth-order valence-corrected chi connectivity index (χ4v) is 6.09. The number of piperidine rings is 1. The molecule has 1 aromatic carbocycles. The third-order valence-corrected chi connectivity index (χ3v) is 8.03. The summed E-state index contributed by atoms with van der Waals surface area (Å²) in [5.74, 6) is -0.0396. The normalized spacial score (nSPS) is 16.2. The Balaban J connectivity index is 1.53. The first-order valence-corrected chi connectivity index (χ1v) is 12.8. The smallest absolute Gasteiger partial charge is 0.266 e. The summed E-state index contributed by atoms with van der Waals surface area (Å²) < 4.78 is 1.78. The molecule has 0 bridgehead atoms. The van der Waals surface area contributed by atoms with E-state index in [-0.39, 0.29) is 11.5 Å². The van der Waals surface area contributed by atoms with Gasteiger partial charge in [-0.25, -0.2) is 4.98 Å². The van der Waals surface area contributed by atoms with E-state index in [1.54, 1.807) is 16.7 Å². The molecule has 0 unspecified atom stereocenters. The van der Waals surface area contributed by atoms with Crippen molar-refractivity contribution in [2.75, 3.05) is 23.3 Å². The van der Waals surface area contributed by atoms with Gasteiger partial charge in [0.05, 0.1) is 21.6 Å². The van der Waals surface area contributed by atoms with Crippen LogP contribution in [0.25, 0.3) is 10.2 Å². The molecule has 8 nitrogen and oxygen atoms in total. The molecule has 0 radical (unpaired) electrons. The zero-order valence-electron chi connectivity index (χ0n) is 19.4. The predicted octanol–water partition coefficient (Wildman–Crippen LogP) is 3.83. The molecule has 3 aromatic rings. The SMILES string of the molecule is Cc1c(C(=O)Nc2cc(C(N)=O)ccc2N2CCCCC2)sc2nc3n(c(=O)c12)CCCCC3. The summed E-state index contributed by atoms with van der Waals surface area (Å²) >= 11 is 1.26. The number of rotatable bonds is 4. The Morgan fingerprint density at radius 1 is 1.06 bits per heavy atom. The second-order valence-electron chi connectivity index (χ2n) is 9.13. The second kappa shape index (κ2) is 9.21. The Morgan fingerprint density at radius 2 is 1.79 bits per heavy atom. The monoisotopic (exact) mass is 479 g/mol. The molecule has 3 N–H and O–H groups in total. The Hall–Kier alpha value is -3.20. The van der Waals surface area contributed by atoms with Crippen LogP contribution in [-0.4, -0.2) is 34.5 Å². The molecule has 1 saturated heterocycles. The van der Waals surface area contributed by atoms with E-state index >= 15 is 0 Å². The molecule has 0 spiro atoms. The molecule has 2 amide bonds. The van der Waals surface area contributed by atoms with Crippen molar-refractivity contribution in [3.63, 3.8) is 0 Å². The van der Waals surface area contributed by atoms with E-state index in [4.69, 9.17) is 10.7 Å². The molecule has 4 heterocycles. The lowest BCUT2D eigenvalue weighted by molar-refractivity contribution is 0.0996. The maximum absolute atomic E-state index is 13.4. The van der Waals surface area contributed by atoms with E-state index < -0.39 is 5.91 Å². The van der Waals surface area contributed by atoms with Crippen molar-refractivity contribution < 1.29 is 9.59 Å². The molecule has 5 rings (SSSR count). The minimum absolute atomic E-state index is 0.0561. The topological polar surface area (TPSA) is 110 Å². The van der Waals surface area contributed by atoms with E-state index in [2.05, 4.69) is 10.2 Å².